The zero-order valence-corrected chi connectivity index (χ0v) is 8.32. The predicted octanol–water partition coefficient (Wildman–Crippen LogP) is 0.149. The van der Waals surface area contributed by atoms with Gasteiger partial charge in [0.15, 0.2) is 0 Å². The van der Waals surface area contributed by atoms with Crippen molar-refractivity contribution >= 4 is 5.97 Å². The smallest absolute Gasteiger partial charge is 0.320 e. The molecule has 0 aromatic carbocycles. The lowest BCUT2D eigenvalue weighted by atomic mass is 10.1. The van der Waals surface area contributed by atoms with E-state index in [2.05, 4.69) is 4.90 Å². The van der Waals surface area contributed by atoms with Crippen LogP contribution in [0, 0.1) is 0 Å². The number of esters is 1. The van der Waals surface area contributed by atoms with Crippen molar-refractivity contribution in [1.29, 1.82) is 0 Å². The number of carbonyl (C=O) groups is 1. The van der Waals surface area contributed by atoms with Crippen LogP contribution in [0.3, 0.4) is 0 Å². The average Bonchev–Trinajstić information content (AvgIpc) is 2.45. The van der Waals surface area contributed by atoms with E-state index in [0.29, 0.717) is 13.2 Å². The lowest BCUT2D eigenvalue weighted by Crippen LogP contribution is -2.42. The van der Waals surface area contributed by atoms with Crippen molar-refractivity contribution < 1.29 is 14.6 Å². The number of aliphatic hydroxyl groups is 1. The fourth-order valence-electron chi connectivity index (χ4n) is 2.37. The molecule has 2 rings (SSSR count). The Kier molecular flexibility index (Phi) is 3.03. The van der Waals surface area contributed by atoms with Gasteiger partial charge in [0.2, 0.25) is 0 Å². The monoisotopic (exact) mass is 199 g/mol. The van der Waals surface area contributed by atoms with Gasteiger partial charge in [0.25, 0.3) is 0 Å². The summed E-state index contributed by atoms with van der Waals surface area (Å²) >= 11 is 0. The van der Waals surface area contributed by atoms with E-state index in [-0.39, 0.29) is 18.1 Å². The van der Waals surface area contributed by atoms with Crippen molar-refractivity contribution in [1.82, 2.24) is 4.90 Å². The molecule has 2 unspecified atom stereocenters. The van der Waals surface area contributed by atoms with Gasteiger partial charge in [0.1, 0.15) is 0 Å². The van der Waals surface area contributed by atoms with Gasteiger partial charge in [-0.15, -0.1) is 0 Å². The van der Waals surface area contributed by atoms with E-state index in [9.17, 15) is 9.90 Å². The first kappa shape index (κ1) is 9.93. The maximum Gasteiger partial charge on any atom is 0.320 e. The van der Waals surface area contributed by atoms with Crippen LogP contribution in [-0.2, 0) is 9.53 Å². The molecule has 1 saturated carbocycles. The molecule has 1 N–H and O–H groups in total. The molecule has 4 nitrogen and oxygen atoms in total. The largest absolute Gasteiger partial charge is 0.465 e. The second-order valence-corrected chi connectivity index (χ2v) is 4.11. The number of hydrogen-bond donors (Lipinski definition) is 1. The summed E-state index contributed by atoms with van der Waals surface area (Å²) in [4.78, 5) is 13.3. The van der Waals surface area contributed by atoms with Crippen LogP contribution in [0.25, 0.3) is 0 Å². The maximum atomic E-state index is 11.2. The van der Waals surface area contributed by atoms with E-state index in [1.54, 1.807) is 0 Å². The number of nitrogens with zero attached hydrogens (tertiary/aromatic N) is 1. The van der Waals surface area contributed by atoms with Gasteiger partial charge in [0.05, 0.1) is 19.3 Å². The van der Waals surface area contributed by atoms with Gasteiger partial charge in [-0.3, -0.25) is 9.69 Å². The Balaban J connectivity index is 1.97. The van der Waals surface area contributed by atoms with Crippen LogP contribution < -0.4 is 0 Å². The van der Waals surface area contributed by atoms with Crippen molar-refractivity contribution in [2.45, 2.75) is 37.8 Å². The molecule has 0 aromatic rings. The summed E-state index contributed by atoms with van der Waals surface area (Å²) in [6.45, 7) is 1.74. The molecule has 0 aromatic heterocycles. The third-order valence-corrected chi connectivity index (χ3v) is 3.10. The zero-order valence-electron chi connectivity index (χ0n) is 8.32. The second kappa shape index (κ2) is 4.28. The third-order valence-electron chi connectivity index (χ3n) is 3.10. The summed E-state index contributed by atoms with van der Waals surface area (Å²) < 4.78 is 4.97. The van der Waals surface area contributed by atoms with Gasteiger partial charge in [-0.25, -0.2) is 0 Å². The van der Waals surface area contributed by atoms with Gasteiger partial charge < -0.3 is 9.84 Å². The summed E-state index contributed by atoms with van der Waals surface area (Å²) in [5, 5.41) is 9.73. The first-order valence-electron chi connectivity index (χ1n) is 5.35. The number of ether oxygens (including phenoxy) is 1. The molecule has 0 radical (unpaired) electrons. The fourth-order valence-corrected chi connectivity index (χ4v) is 2.37. The van der Waals surface area contributed by atoms with E-state index in [0.717, 1.165) is 32.2 Å². The molecule has 14 heavy (non-hydrogen) atoms. The van der Waals surface area contributed by atoms with Crippen LogP contribution >= 0.6 is 0 Å². The molecule has 1 aliphatic heterocycles. The Morgan fingerprint density at radius 2 is 2.21 bits per heavy atom. The molecule has 4 heteroatoms. The SMILES string of the molecule is O=C1CN(C2CCCC2O)CCCO1. The molecule has 0 bridgehead atoms. The lowest BCUT2D eigenvalue weighted by Gasteiger charge is -2.27. The topological polar surface area (TPSA) is 49.8 Å². The molecular weight excluding hydrogens is 182 g/mol. The quantitative estimate of drug-likeness (QED) is 0.611. The van der Waals surface area contributed by atoms with Crippen molar-refractivity contribution in [2.24, 2.45) is 0 Å². The molecule has 80 valence electrons. The normalized spacial score (nSPS) is 35.4. The van der Waals surface area contributed by atoms with Gasteiger partial charge in [-0.1, -0.05) is 0 Å². The summed E-state index contributed by atoms with van der Waals surface area (Å²) in [6.07, 6.45) is 3.58. The minimum Gasteiger partial charge on any atom is -0.465 e. The Hall–Kier alpha value is -0.610. The summed E-state index contributed by atoms with van der Waals surface area (Å²) in [5.41, 5.74) is 0. The van der Waals surface area contributed by atoms with Crippen molar-refractivity contribution in [2.75, 3.05) is 19.7 Å². The minimum atomic E-state index is -0.249. The molecule has 2 atom stereocenters. The first-order valence-corrected chi connectivity index (χ1v) is 5.35. The summed E-state index contributed by atoms with van der Waals surface area (Å²) in [6, 6.07) is 0.181. The number of carbonyl (C=O) groups excluding carboxylic acids is 1. The van der Waals surface area contributed by atoms with Crippen molar-refractivity contribution in [3.63, 3.8) is 0 Å². The van der Waals surface area contributed by atoms with E-state index >= 15 is 0 Å². The highest BCUT2D eigenvalue weighted by Gasteiger charge is 2.32. The highest BCUT2D eigenvalue weighted by Crippen LogP contribution is 2.24. The second-order valence-electron chi connectivity index (χ2n) is 4.11. The number of rotatable bonds is 1. The fraction of sp³-hybridized carbons (Fsp3) is 0.900. The van der Waals surface area contributed by atoms with Gasteiger partial charge in [-0.2, -0.15) is 0 Å². The standard InChI is InChI=1S/C10H17NO3/c12-9-4-1-3-8(9)11-5-2-6-14-10(13)7-11/h8-9,12H,1-7H2. The number of hydrogen-bond acceptors (Lipinski definition) is 4. The highest BCUT2D eigenvalue weighted by molar-refractivity contribution is 5.71. The van der Waals surface area contributed by atoms with E-state index in [1.165, 1.54) is 0 Å². The van der Waals surface area contributed by atoms with E-state index in [1.807, 2.05) is 0 Å². The summed E-state index contributed by atoms with van der Waals surface area (Å²) in [5.74, 6) is -0.151. The Morgan fingerprint density at radius 3 is 2.93 bits per heavy atom. The molecular formula is C10H17NO3. The number of aliphatic hydroxyl groups excluding tert-OH is 1. The predicted molar refractivity (Wildman–Crippen MR) is 50.8 cm³/mol. The van der Waals surface area contributed by atoms with Crippen LogP contribution in [-0.4, -0.2) is 47.8 Å². The lowest BCUT2D eigenvalue weighted by molar-refractivity contribution is -0.143. The van der Waals surface area contributed by atoms with Gasteiger partial charge in [0, 0.05) is 12.6 Å². The maximum absolute atomic E-state index is 11.2. The average molecular weight is 199 g/mol. The van der Waals surface area contributed by atoms with Crippen LogP contribution in [0.1, 0.15) is 25.7 Å². The third kappa shape index (κ3) is 2.07. The molecule has 1 aliphatic carbocycles. The van der Waals surface area contributed by atoms with E-state index < -0.39 is 0 Å². The van der Waals surface area contributed by atoms with Crippen LogP contribution in [0.4, 0.5) is 0 Å². The Bertz CT molecular complexity index is 219. The molecule has 1 heterocycles. The van der Waals surface area contributed by atoms with Crippen LogP contribution in [0.15, 0.2) is 0 Å². The van der Waals surface area contributed by atoms with Crippen LogP contribution in [0.5, 0.6) is 0 Å². The molecule has 0 amide bonds. The molecule has 1 saturated heterocycles. The van der Waals surface area contributed by atoms with E-state index in [4.69, 9.17) is 4.74 Å². The molecule has 2 aliphatic rings. The Morgan fingerprint density at radius 1 is 1.36 bits per heavy atom. The number of cyclic esters (lactones) is 1. The Labute approximate surface area is 83.8 Å². The minimum absolute atomic E-state index is 0.151. The van der Waals surface area contributed by atoms with Crippen molar-refractivity contribution in [3.8, 4) is 0 Å². The van der Waals surface area contributed by atoms with Crippen LogP contribution in [0.2, 0.25) is 0 Å². The zero-order chi connectivity index (χ0) is 9.97. The van der Waals surface area contributed by atoms with Gasteiger partial charge in [-0.05, 0) is 25.7 Å². The summed E-state index contributed by atoms with van der Waals surface area (Å²) in [7, 11) is 0. The highest BCUT2D eigenvalue weighted by atomic mass is 16.5. The van der Waals surface area contributed by atoms with Crippen molar-refractivity contribution in [3.05, 3.63) is 0 Å². The first-order chi connectivity index (χ1) is 6.77. The van der Waals surface area contributed by atoms with Gasteiger partial charge >= 0.3 is 5.97 Å². The molecule has 0 spiro atoms. The molecule has 2 fully saturated rings.